The van der Waals surface area contributed by atoms with E-state index in [2.05, 4.69) is 17.1 Å². The third-order valence-corrected chi connectivity index (χ3v) is 4.41. The predicted molar refractivity (Wildman–Crippen MR) is 87.6 cm³/mol. The molecule has 0 unspecified atom stereocenters. The Balaban J connectivity index is 1.70. The van der Waals surface area contributed by atoms with E-state index in [-0.39, 0.29) is 5.91 Å². The Morgan fingerprint density at radius 2 is 2.24 bits per heavy atom. The maximum atomic E-state index is 12.0. The minimum absolute atomic E-state index is 0.0457. The van der Waals surface area contributed by atoms with Crippen molar-refractivity contribution in [2.24, 2.45) is 0 Å². The highest BCUT2D eigenvalue weighted by Gasteiger charge is 2.19. The lowest BCUT2D eigenvalue weighted by atomic mass is 10.00. The van der Waals surface area contributed by atoms with Gasteiger partial charge in [0, 0.05) is 24.7 Å². The number of nitrogens with one attached hydrogen (secondary N) is 1. The number of piperidine rings is 1. The molecule has 1 aliphatic heterocycles. The van der Waals surface area contributed by atoms with E-state index in [1.165, 1.54) is 32.2 Å². The Labute approximate surface area is 128 Å². The SMILES string of the molecule is CC[C@H]1CCCCN1CCCNC(=O)c1cccc(C)c1. The highest BCUT2D eigenvalue weighted by Crippen LogP contribution is 2.19. The molecule has 1 amide bonds. The minimum atomic E-state index is 0.0457. The van der Waals surface area contributed by atoms with Crippen LogP contribution in [-0.4, -0.2) is 36.5 Å². The summed E-state index contributed by atoms with van der Waals surface area (Å²) in [6.45, 7) is 7.39. The van der Waals surface area contributed by atoms with Crippen LogP contribution in [0.3, 0.4) is 0 Å². The predicted octanol–water partition coefficient (Wildman–Crippen LogP) is 3.38. The third-order valence-electron chi connectivity index (χ3n) is 4.41. The molecule has 1 fully saturated rings. The largest absolute Gasteiger partial charge is 0.352 e. The molecule has 1 aromatic carbocycles. The second-order valence-corrected chi connectivity index (χ2v) is 6.07. The summed E-state index contributed by atoms with van der Waals surface area (Å²) in [6, 6.07) is 8.51. The molecular weight excluding hydrogens is 260 g/mol. The average Bonchev–Trinajstić information content (AvgIpc) is 2.51. The molecule has 1 atom stereocenters. The fourth-order valence-corrected chi connectivity index (χ4v) is 3.19. The van der Waals surface area contributed by atoms with Gasteiger partial charge in [0.05, 0.1) is 0 Å². The summed E-state index contributed by atoms with van der Waals surface area (Å²) in [5.74, 6) is 0.0457. The third kappa shape index (κ3) is 4.85. The van der Waals surface area contributed by atoms with Crippen LogP contribution in [0.15, 0.2) is 24.3 Å². The first-order valence-electron chi connectivity index (χ1n) is 8.29. The molecule has 1 heterocycles. The number of carbonyl (C=O) groups excluding carboxylic acids is 1. The van der Waals surface area contributed by atoms with Crippen LogP contribution >= 0.6 is 0 Å². The molecule has 1 aliphatic rings. The van der Waals surface area contributed by atoms with Crippen molar-refractivity contribution in [3.05, 3.63) is 35.4 Å². The van der Waals surface area contributed by atoms with E-state index in [0.717, 1.165) is 36.7 Å². The maximum absolute atomic E-state index is 12.0. The van der Waals surface area contributed by atoms with Gasteiger partial charge in [0.1, 0.15) is 0 Å². The fourth-order valence-electron chi connectivity index (χ4n) is 3.19. The Hall–Kier alpha value is -1.35. The first-order chi connectivity index (χ1) is 10.2. The number of nitrogens with zero attached hydrogens (tertiary/aromatic N) is 1. The number of aryl methyl sites for hydroxylation is 1. The fraction of sp³-hybridized carbons (Fsp3) is 0.611. The lowest BCUT2D eigenvalue weighted by Crippen LogP contribution is -2.40. The van der Waals surface area contributed by atoms with Crippen LogP contribution < -0.4 is 5.32 Å². The Bertz CT molecular complexity index is 458. The van der Waals surface area contributed by atoms with Gasteiger partial charge >= 0.3 is 0 Å². The number of benzene rings is 1. The van der Waals surface area contributed by atoms with E-state index in [4.69, 9.17) is 0 Å². The van der Waals surface area contributed by atoms with Crippen molar-refractivity contribution in [3.63, 3.8) is 0 Å². The van der Waals surface area contributed by atoms with Gasteiger partial charge < -0.3 is 10.2 Å². The van der Waals surface area contributed by atoms with E-state index in [9.17, 15) is 4.79 Å². The average molecular weight is 288 g/mol. The molecule has 3 nitrogen and oxygen atoms in total. The topological polar surface area (TPSA) is 32.3 Å². The van der Waals surface area contributed by atoms with Crippen LogP contribution in [0.1, 0.15) is 54.9 Å². The number of carbonyl (C=O) groups is 1. The van der Waals surface area contributed by atoms with Crippen LogP contribution in [0.25, 0.3) is 0 Å². The van der Waals surface area contributed by atoms with Gasteiger partial charge in [0.25, 0.3) is 5.91 Å². The number of hydrogen-bond acceptors (Lipinski definition) is 2. The van der Waals surface area contributed by atoms with Gasteiger partial charge in [-0.15, -0.1) is 0 Å². The van der Waals surface area contributed by atoms with Crippen LogP contribution in [0.4, 0.5) is 0 Å². The Morgan fingerprint density at radius 1 is 1.38 bits per heavy atom. The molecule has 0 aromatic heterocycles. The molecule has 0 radical (unpaired) electrons. The molecule has 0 spiro atoms. The quantitative estimate of drug-likeness (QED) is 0.814. The van der Waals surface area contributed by atoms with Crippen molar-refractivity contribution in [1.82, 2.24) is 10.2 Å². The summed E-state index contributed by atoms with van der Waals surface area (Å²) >= 11 is 0. The summed E-state index contributed by atoms with van der Waals surface area (Å²) in [4.78, 5) is 14.6. The van der Waals surface area contributed by atoms with Gasteiger partial charge in [-0.25, -0.2) is 0 Å². The molecule has 1 N–H and O–H groups in total. The van der Waals surface area contributed by atoms with Crippen LogP contribution in [0.5, 0.6) is 0 Å². The lowest BCUT2D eigenvalue weighted by Gasteiger charge is -2.35. The number of amides is 1. The second-order valence-electron chi connectivity index (χ2n) is 6.07. The zero-order valence-corrected chi connectivity index (χ0v) is 13.4. The van der Waals surface area contributed by atoms with E-state index >= 15 is 0 Å². The first kappa shape index (κ1) is 16.0. The number of hydrogen-bond donors (Lipinski definition) is 1. The Kier molecular flexibility index (Phi) is 6.24. The molecule has 0 saturated carbocycles. The minimum Gasteiger partial charge on any atom is -0.352 e. The molecule has 1 aromatic rings. The molecule has 2 rings (SSSR count). The summed E-state index contributed by atoms with van der Waals surface area (Å²) in [7, 11) is 0. The van der Waals surface area contributed by atoms with Gasteiger partial charge in [-0.1, -0.05) is 31.0 Å². The molecule has 21 heavy (non-hydrogen) atoms. The zero-order chi connectivity index (χ0) is 15.1. The zero-order valence-electron chi connectivity index (χ0n) is 13.4. The normalized spacial score (nSPS) is 19.4. The van der Waals surface area contributed by atoms with Crippen molar-refractivity contribution in [1.29, 1.82) is 0 Å². The van der Waals surface area contributed by atoms with Crippen molar-refractivity contribution in [2.75, 3.05) is 19.6 Å². The van der Waals surface area contributed by atoms with Crippen molar-refractivity contribution < 1.29 is 4.79 Å². The molecule has 3 heteroatoms. The summed E-state index contributed by atoms with van der Waals surface area (Å²) in [5, 5.41) is 3.03. The lowest BCUT2D eigenvalue weighted by molar-refractivity contribution is 0.0947. The van der Waals surface area contributed by atoms with Crippen LogP contribution in [0, 0.1) is 6.92 Å². The molecular formula is C18H28N2O. The van der Waals surface area contributed by atoms with E-state index in [0.29, 0.717) is 0 Å². The standard InChI is InChI=1S/C18H28N2O/c1-3-17-10-4-5-12-20(17)13-7-11-19-18(21)16-9-6-8-15(2)14-16/h6,8-9,14,17H,3-5,7,10-13H2,1-2H3,(H,19,21)/t17-/m0/s1. The summed E-state index contributed by atoms with van der Waals surface area (Å²) in [6.07, 6.45) is 6.32. The smallest absolute Gasteiger partial charge is 0.251 e. The number of rotatable bonds is 6. The van der Waals surface area contributed by atoms with Gasteiger partial charge in [-0.2, -0.15) is 0 Å². The molecule has 0 bridgehead atoms. The van der Waals surface area contributed by atoms with Gasteiger partial charge in [-0.05, 0) is 51.3 Å². The van der Waals surface area contributed by atoms with Gasteiger partial charge in [-0.3, -0.25) is 4.79 Å². The molecule has 1 saturated heterocycles. The van der Waals surface area contributed by atoms with Crippen molar-refractivity contribution in [2.45, 2.75) is 52.0 Å². The van der Waals surface area contributed by atoms with E-state index < -0.39 is 0 Å². The maximum Gasteiger partial charge on any atom is 0.251 e. The van der Waals surface area contributed by atoms with E-state index in [1.54, 1.807) is 0 Å². The highest BCUT2D eigenvalue weighted by molar-refractivity contribution is 5.94. The highest BCUT2D eigenvalue weighted by atomic mass is 16.1. The van der Waals surface area contributed by atoms with Crippen LogP contribution in [-0.2, 0) is 0 Å². The Morgan fingerprint density at radius 3 is 3.00 bits per heavy atom. The monoisotopic (exact) mass is 288 g/mol. The summed E-state index contributed by atoms with van der Waals surface area (Å²) < 4.78 is 0. The van der Waals surface area contributed by atoms with Crippen LogP contribution in [0.2, 0.25) is 0 Å². The van der Waals surface area contributed by atoms with Crippen molar-refractivity contribution in [3.8, 4) is 0 Å². The van der Waals surface area contributed by atoms with Gasteiger partial charge in [0.2, 0.25) is 0 Å². The molecule has 116 valence electrons. The first-order valence-corrected chi connectivity index (χ1v) is 8.29. The van der Waals surface area contributed by atoms with E-state index in [1.807, 2.05) is 31.2 Å². The number of likely N-dealkylation sites (tertiary alicyclic amines) is 1. The molecule has 0 aliphatic carbocycles. The summed E-state index contributed by atoms with van der Waals surface area (Å²) in [5.41, 5.74) is 1.89. The second kappa shape index (κ2) is 8.18. The van der Waals surface area contributed by atoms with Gasteiger partial charge in [0.15, 0.2) is 0 Å². The van der Waals surface area contributed by atoms with Crippen molar-refractivity contribution >= 4 is 5.91 Å².